The van der Waals surface area contributed by atoms with Crippen LogP contribution in [0, 0.1) is 0 Å². The van der Waals surface area contributed by atoms with Crippen molar-refractivity contribution in [2.24, 2.45) is 0 Å². The molecule has 7 nitrogen and oxygen atoms in total. The summed E-state index contributed by atoms with van der Waals surface area (Å²) in [6, 6.07) is 12.4. The molecule has 0 aliphatic rings. The molecule has 0 saturated heterocycles. The summed E-state index contributed by atoms with van der Waals surface area (Å²) in [6.45, 7) is 0.696. The Morgan fingerprint density at radius 3 is 2.60 bits per heavy atom. The van der Waals surface area contributed by atoms with Gasteiger partial charge in [0.25, 0.3) is 0 Å². The van der Waals surface area contributed by atoms with Gasteiger partial charge < -0.3 is 19.3 Å². The lowest BCUT2D eigenvalue weighted by atomic mass is 10.2. The Labute approximate surface area is 176 Å². The number of hydrogen-bond acceptors (Lipinski definition) is 8. The minimum absolute atomic E-state index is 0.0468. The average molecular weight is 428 g/mol. The lowest BCUT2D eigenvalue weighted by molar-refractivity contribution is -0.151. The normalized spacial score (nSPS) is 12.2. The molecule has 0 saturated carbocycles. The molecule has 0 amide bonds. The van der Waals surface area contributed by atoms with Gasteiger partial charge in [0.1, 0.15) is 25.1 Å². The second-order valence-electron chi connectivity index (χ2n) is 6.34. The maximum Gasteiger partial charge on any atom is 0.344 e. The molecule has 156 valence electrons. The third kappa shape index (κ3) is 5.43. The Kier molecular flexibility index (Phi) is 7.16. The number of hydrogen-bond donors (Lipinski definition) is 1. The number of ether oxygens (including phenoxy) is 3. The number of carbonyl (C=O) groups excluding carboxylic acids is 2. The topological polar surface area (TPSA) is 99.1 Å². The van der Waals surface area contributed by atoms with Crippen molar-refractivity contribution in [2.75, 3.05) is 19.8 Å². The van der Waals surface area contributed by atoms with E-state index in [1.807, 2.05) is 18.2 Å². The lowest BCUT2D eigenvalue weighted by Crippen LogP contribution is -2.26. The van der Waals surface area contributed by atoms with Crippen LogP contribution in [0.5, 0.6) is 5.75 Å². The zero-order valence-electron chi connectivity index (χ0n) is 16.2. The van der Waals surface area contributed by atoms with E-state index in [0.717, 1.165) is 9.40 Å². The third-order valence-corrected chi connectivity index (χ3v) is 5.20. The van der Waals surface area contributed by atoms with E-state index in [0.29, 0.717) is 16.5 Å². The van der Waals surface area contributed by atoms with Crippen molar-refractivity contribution >= 4 is 43.4 Å². The van der Waals surface area contributed by atoms with Crippen molar-refractivity contribution in [1.29, 1.82) is 0 Å². The monoisotopic (exact) mass is 428 g/mol. The summed E-state index contributed by atoms with van der Waals surface area (Å²) < 4.78 is 16.7. The highest BCUT2D eigenvalue weighted by atomic mass is 32.1. The molecule has 0 aliphatic carbocycles. The van der Waals surface area contributed by atoms with Gasteiger partial charge in [-0.3, -0.25) is 4.79 Å². The number of benzene rings is 2. The second kappa shape index (κ2) is 10.00. The number of fused-ring (bicyclic) bond motifs is 2. The van der Waals surface area contributed by atoms with Gasteiger partial charge in [0.2, 0.25) is 0 Å². The van der Waals surface area contributed by atoms with Crippen LogP contribution in [0.3, 0.4) is 0 Å². The Bertz CT molecular complexity index is 1150. The number of esters is 2. The summed E-state index contributed by atoms with van der Waals surface area (Å²) in [7, 11) is 0. The van der Waals surface area contributed by atoms with Crippen LogP contribution >= 0.6 is 11.3 Å². The van der Waals surface area contributed by atoms with Gasteiger partial charge in [-0.05, 0) is 37.3 Å². The first-order valence-corrected chi connectivity index (χ1v) is 10.0. The molecule has 0 spiro atoms. The van der Waals surface area contributed by atoms with Crippen LogP contribution in [0.4, 0.5) is 0 Å². The molecule has 2 aromatic carbocycles. The number of allylic oxidation sites excluding steroid dienone is 1. The molecule has 1 aromatic heterocycles. The molecule has 0 bridgehead atoms. The smallest absolute Gasteiger partial charge is 0.344 e. The van der Waals surface area contributed by atoms with Gasteiger partial charge in [-0.25, -0.2) is 9.59 Å². The molecule has 1 heterocycles. The van der Waals surface area contributed by atoms with Gasteiger partial charge >= 0.3 is 11.9 Å². The number of aliphatic hydroxyl groups is 1. The van der Waals surface area contributed by atoms with Gasteiger partial charge in [-0.15, -0.1) is 11.3 Å². The maximum absolute atomic E-state index is 12.6. The molecule has 30 heavy (non-hydrogen) atoms. The lowest BCUT2D eigenvalue weighted by Gasteiger charge is -2.12. The van der Waals surface area contributed by atoms with E-state index in [2.05, 4.69) is 0 Å². The molecule has 0 fully saturated rings. The van der Waals surface area contributed by atoms with Crippen molar-refractivity contribution < 1.29 is 28.9 Å². The highest BCUT2D eigenvalue weighted by Crippen LogP contribution is 2.27. The molecule has 1 N–H and O–H groups in total. The zero-order chi connectivity index (χ0) is 21.5. The van der Waals surface area contributed by atoms with Crippen LogP contribution in [-0.2, 0) is 19.1 Å². The van der Waals surface area contributed by atoms with Crippen molar-refractivity contribution in [2.45, 2.75) is 13.0 Å². The zero-order valence-corrected chi connectivity index (χ0v) is 17.0. The van der Waals surface area contributed by atoms with Crippen LogP contribution < -0.4 is 10.2 Å². The van der Waals surface area contributed by atoms with Gasteiger partial charge in [0, 0.05) is 26.2 Å². The predicted octanol–water partition coefficient (Wildman–Crippen LogP) is 2.82. The third-order valence-electron chi connectivity index (χ3n) is 4.06. The summed E-state index contributed by atoms with van der Waals surface area (Å²) in [5.74, 6) is -0.843. The molecular formula is C22H20O7S. The Morgan fingerprint density at radius 2 is 1.80 bits per heavy atom. The fraction of sp³-hybridized carbons (Fsp3) is 0.227. The van der Waals surface area contributed by atoms with E-state index in [4.69, 9.17) is 14.2 Å². The molecule has 0 radical (unpaired) electrons. The molecule has 0 aliphatic heterocycles. The summed E-state index contributed by atoms with van der Waals surface area (Å²) in [5.41, 5.74) is -0.0468. The van der Waals surface area contributed by atoms with Crippen LogP contribution in [0.2, 0.25) is 0 Å². The molecule has 8 heteroatoms. The number of aliphatic hydroxyl groups excluding tert-OH is 1. The largest absolute Gasteiger partial charge is 0.482 e. The Morgan fingerprint density at radius 1 is 1.07 bits per heavy atom. The quantitative estimate of drug-likeness (QED) is 0.335. The first kappa shape index (κ1) is 21.5. The van der Waals surface area contributed by atoms with Crippen molar-refractivity contribution in [3.8, 4) is 5.75 Å². The molecule has 3 aromatic rings. The number of carbonyl (C=O) groups is 2. The Balaban J connectivity index is 1.55. The summed E-state index contributed by atoms with van der Waals surface area (Å²) in [5, 5.41) is 10.9. The van der Waals surface area contributed by atoms with Gasteiger partial charge in [0.15, 0.2) is 12.0 Å². The van der Waals surface area contributed by atoms with E-state index in [1.165, 1.54) is 23.5 Å². The van der Waals surface area contributed by atoms with E-state index in [-0.39, 0.29) is 25.2 Å². The molecule has 1 atom stereocenters. The summed E-state index contributed by atoms with van der Waals surface area (Å²) >= 11 is 1.46. The highest BCUT2D eigenvalue weighted by Gasteiger charge is 2.12. The van der Waals surface area contributed by atoms with E-state index >= 15 is 0 Å². The van der Waals surface area contributed by atoms with Crippen LogP contribution in [0.15, 0.2) is 59.4 Å². The fourth-order valence-electron chi connectivity index (χ4n) is 2.65. The molecule has 1 unspecified atom stereocenters. The van der Waals surface area contributed by atoms with Crippen molar-refractivity contribution in [3.05, 3.63) is 64.8 Å². The summed E-state index contributed by atoms with van der Waals surface area (Å²) in [4.78, 5) is 35.6. The van der Waals surface area contributed by atoms with E-state index < -0.39 is 18.0 Å². The predicted molar refractivity (Wildman–Crippen MR) is 114 cm³/mol. The highest BCUT2D eigenvalue weighted by molar-refractivity contribution is 7.24. The summed E-state index contributed by atoms with van der Waals surface area (Å²) in [6.07, 6.45) is 1.60. The van der Waals surface area contributed by atoms with Crippen molar-refractivity contribution in [1.82, 2.24) is 0 Å². The van der Waals surface area contributed by atoms with Gasteiger partial charge in [-0.1, -0.05) is 18.2 Å². The molecular weight excluding hydrogens is 408 g/mol. The van der Waals surface area contributed by atoms with Crippen LogP contribution in [0.25, 0.3) is 20.2 Å². The SMILES string of the molecule is CC=CC(=O)OCC(O)COC(=O)COc1ccc2c(=O)c3ccccc3sc2c1. The first-order valence-electron chi connectivity index (χ1n) is 9.19. The van der Waals surface area contributed by atoms with Gasteiger partial charge in [-0.2, -0.15) is 0 Å². The average Bonchev–Trinajstić information content (AvgIpc) is 2.75. The fourth-order valence-corrected chi connectivity index (χ4v) is 3.75. The first-order chi connectivity index (χ1) is 14.5. The number of rotatable bonds is 8. The second-order valence-corrected chi connectivity index (χ2v) is 7.42. The Hall–Kier alpha value is -3.23. The van der Waals surface area contributed by atoms with Crippen LogP contribution in [0.1, 0.15) is 6.92 Å². The van der Waals surface area contributed by atoms with Gasteiger partial charge in [0.05, 0.1) is 0 Å². The minimum atomic E-state index is -1.13. The van der Waals surface area contributed by atoms with E-state index in [9.17, 15) is 19.5 Å². The van der Waals surface area contributed by atoms with E-state index in [1.54, 1.807) is 31.2 Å². The van der Waals surface area contributed by atoms with Crippen molar-refractivity contribution in [3.63, 3.8) is 0 Å². The standard InChI is InChI=1S/C22H20O7S/c1-2-5-20(24)28-11-14(23)12-29-21(25)13-27-15-8-9-17-19(10-15)30-18-7-4-3-6-16(18)22(17)26/h2-10,14,23H,11-13H2,1H3. The molecule has 3 rings (SSSR count). The minimum Gasteiger partial charge on any atom is -0.482 e. The maximum atomic E-state index is 12.6. The van der Waals surface area contributed by atoms with Crippen LogP contribution in [-0.4, -0.2) is 43.0 Å².